The Morgan fingerprint density at radius 2 is 0.841 bits per heavy atom. The normalized spacial score (nSPS) is 21.7. The molecule has 0 bridgehead atoms. The zero-order valence-corrected chi connectivity index (χ0v) is 31.6. The van der Waals surface area contributed by atoms with Crippen LogP contribution in [-0.2, 0) is 16.2 Å². The van der Waals surface area contributed by atoms with Crippen molar-refractivity contribution in [2.75, 3.05) is 22.9 Å². The molecule has 0 unspecified atom stereocenters. The summed E-state index contributed by atoms with van der Waals surface area (Å²) in [7, 11) is -1.65. The van der Waals surface area contributed by atoms with E-state index in [1.807, 2.05) is 0 Å². The average molecular weight is 702 g/mol. The molecule has 2 aromatic rings. The van der Waals surface area contributed by atoms with Crippen molar-refractivity contribution in [2.24, 2.45) is 0 Å². The van der Waals surface area contributed by atoms with E-state index in [0.29, 0.717) is 0 Å². The van der Waals surface area contributed by atoms with E-state index in [4.69, 9.17) is 0 Å². The third-order valence-electron chi connectivity index (χ3n) is 12.0. The number of anilines is 2. The van der Waals surface area contributed by atoms with Gasteiger partial charge in [0.15, 0.2) is 0 Å². The van der Waals surface area contributed by atoms with Crippen molar-refractivity contribution >= 4 is 27.3 Å². The molecule has 2 nitrogen and oxygen atoms in total. The summed E-state index contributed by atoms with van der Waals surface area (Å²) in [6, 6.07) is 9.71. The first-order chi connectivity index (χ1) is 21.3. The summed E-state index contributed by atoms with van der Waals surface area (Å²) in [4.78, 5) is 5.64. The second kappa shape index (κ2) is 14.3. The van der Waals surface area contributed by atoms with Crippen molar-refractivity contribution in [1.29, 1.82) is 0 Å². The number of aryl methyl sites for hydroxylation is 6. The summed E-state index contributed by atoms with van der Waals surface area (Å²) in [6.07, 6.45) is 22.7. The van der Waals surface area contributed by atoms with Crippen LogP contribution in [0.5, 0.6) is 0 Å². The molecule has 1 heterocycles. The Morgan fingerprint density at radius 3 is 1.16 bits per heavy atom. The van der Waals surface area contributed by atoms with E-state index in [2.05, 4.69) is 80.0 Å². The third-order valence-corrected chi connectivity index (χ3v) is 23.2. The molecule has 244 valence electrons. The zero-order chi connectivity index (χ0) is 30.8. The monoisotopic (exact) mass is 702 g/mol. The van der Waals surface area contributed by atoms with Crippen LogP contribution in [0.25, 0.3) is 0 Å². The van der Waals surface area contributed by atoms with Crippen LogP contribution in [0, 0.1) is 41.5 Å². The fourth-order valence-electron chi connectivity index (χ4n) is 10.4. The van der Waals surface area contributed by atoms with Gasteiger partial charge in [-0.15, -0.1) is 0 Å². The van der Waals surface area contributed by atoms with Gasteiger partial charge in [0, 0.05) is 0 Å². The van der Waals surface area contributed by atoms with Gasteiger partial charge in [0.25, 0.3) is 0 Å². The Labute approximate surface area is 277 Å². The van der Waals surface area contributed by atoms with Gasteiger partial charge >= 0.3 is 279 Å². The molecule has 0 atom stereocenters. The van der Waals surface area contributed by atoms with Crippen LogP contribution in [0.4, 0.5) is 11.4 Å². The van der Waals surface area contributed by atoms with Gasteiger partial charge in [-0.3, -0.25) is 0 Å². The first-order valence-electron chi connectivity index (χ1n) is 18.3. The molecule has 3 aliphatic carbocycles. The van der Waals surface area contributed by atoms with Crippen molar-refractivity contribution in [3.05, 3.63) is 57.6 Å². The van der Waals surface area contributed by atoms with Crippen molar-refractivity contribution in [2.45, 2.75) is 155 Å². The Kier molecular flexibility index (Phi) is 10.6. The zero-order valence-electron chi connectivity index (χ0n) is 28.9. The topological polar surface area (TPSA) is 6.48 Å². The summed E-state index contributed by atoms with van der Waals surface area (Å²) < 4.78 is 4.93. The standard InChI is InChI=1S/C21H26N2.C19H35P.Ru/c1-14-9-16(3)20(17(4)10-14)22-7-8-23(13-22)21-18(5)11-15(2)12-19(21)6;1-20(17-11-5-2-6-12-17,18-13-7-3-8-14-18)19-15-9-4-10-16-19;/h9-12H,7-8H2,1-6H3;1,17-20H,2-16H2;. The number of hydrogen-bond donors (Lipinski definition) is 0. The molecule has 0 radical (unpaired) electrons. The summed E-state index contributed by atoms with van der Waals surface area (Å²) in [5.41, 5.74) is 14.7. The van der Waals surface area contributed by atoms with E-state index < -0.39 is 7.26 Å². The predicted octanol–water partition coefficient (Wildman–Crippen LogP) is 10.5. The summed E-state index contributed by atoms with van der Waals surface area (Å²) >= 11 is 0.0125. The van der Waals surface area contributed by atoms with Gasteiger partial charge in [-0.1, -0.05) is 0 Å². The van der Waals surface area contributed by atoms with Crippen LogP contribution in [0.2, 0.25) is 0 Å². The molecule has 1 saturated heterocycles. The molecule has 0 N–H and O–H groups in total. The van der Waals surface area contributed by atoms with E-state index in [1.165, 1.54) is 103 Å². The number of rotatable bonds is 6. The number of hydrogen-bond acceptors (Lipinski definition) is 2. The first kappa shape index (κ1) is 32.8. The van der Waals surface area contributed by atoms with Gasteiger partial charge in [0.2, 0.25) is 0 Å². The van der Waals surface area contributed by atoms with E-state index in [9.17, 15) is 0 Å². The minimum atomic E-state index is -1.65. The summed E-state index contributed by atoms with van der Waals surface area (Å²) in [5.74, 6) is 0. The summed E-state index contributed by atoms with van der Waals surface area (Å²) in [5, 5.41) is 0. The fraction of sp³-hybridized carbons (Fsp3) is 0.650. The molecule has 4 heteroatoms. The maximum absolute atomic E-state index is 3.26. The van der Waals surface area contributed by atoms with E-state index >= 15 is 0 Å². The average Bonchev–Trinajstić information content (AvgIpc) is 3.40. The summed E-state index contributed by atoms with van der Waals surface area (Å²) in [6.45, 7) is 16.2. The van der Waals surface area contributed by atoms with Gasteiger partial charge in [-0.2, -0.15) is 0 Å². The molecule has 6 rings (SSSR count). The van der Waals surface area contributed by atoms with Crippen molar-refractivity contribution in [3.63, 3.8) is 0 Å². The minimum absolute atomic E-state index is 0.0125. The Bertz CT molecular complexity index is 1230. The van der Waals surface area contributed by atoms with Crippen LogP contribution < -0.4 is 9.80 Å². The Balaban J connectivity index is 1.57. The molecular formula is C40H61N2PRu. The van der Waals surface area contributed by atoms with Gasteiger partial charge in [0.1, 0.15) is 0 Å². The van der Waals surface area contributed by atoms with Crippen molar-refractivity contribution in [1.82, 2.24) is 0 Å². The Hall–Kier alpha value is -1.17. The van der Waals surface area contributed by atoms with Crippen LogP contribution in [-0.4, -0.2) is 38.8 Å². The number of benzene rings is 2. The second-order valence-electron chi connectivity index (χ2n) is 15.3. The van der Waals surface area contributed by atoms with Gasteiger partial charge in [-0.05, 0) is 0 Å². The van der Waals surface area contributed by atoms with Gasteiger partial charge < -0.3 is 0 Å². The molecule has 3 saturated carbocycles. The molecule has 0 aromatic heterocycles. The number of nitrogens with zero attached hydrogens (tertiary/aromatic N) is 2. The fourth-order valence-corrected chi connectivity index (χ4v) is 24.4. The predicted molar refractivity (Wildman–Crippen MR) is 196 cm³/mol. The Morgan fingerprint density at radius 1 is 0.523 bits per heavy atom. The van der Waals surface area contributed by atoms with Crippen molar-refractivity contribution < 1.29 is 16.2 Å². The first-order valence-corrected chi connectivity index (χ1v) is 22.5. The quantitative estimate of drug-likeness (QED) is 0.219. The molecule has 2 aromatic carbocycles. The van der Waals surface area contributed by atoms with Crippen LogP contribution in [0.1, 0.15) is 130 Å². The maximum atomic E-state index is 3.26. The molecule has 44 heavy (non-hydrogen) atoms. The molecule has 0 spiro atoms. The molecule has 4 aliphatic rings. The van der Waals surface area contributed by atoms with Crippen LogP contribution >= 0.6 is 7.26 Å². The van der Waals surface area contributed by atoms with Crippen molar-refractivity contribution in [3.8, 4) is 0 Å². The van der Waals surface area contributed by atoms with Crippen LogP contribution in [0.15, 0.2) is 24.3 Å². The molecule has 0 amide bonds. The van der Waals surface area contributed by atoms with Crippen LogP contribution in [0.3, 0.4) is 0 Å². The molecular weight excluding hydrogens is 640 g/mol. The van der Waals surface area contributed by atoms with Gasteiger partial charge in [-0.25, -0.2) is 0 Å². The molecule has 1 aliphatic heterocycles. The third kappa shape index (κ3) is 6.50. The van der Waals surface area contributed by atoms with Gasteiger partial charge in [0.05, 0.1) is 0 Å². The SMILES string of the molecule is Cc1cc(C)c(N2CCN(c3c(C)cc(C)cc3C)[C]2=[Ru]=[CH][PH](C2CCCCC2)(C2CCCCC2)C2CCCCC2)c(C)c1. The van der Waals surface area contributed by atoms with E-state index in [-0.39, 0.29) is 16.2 Å². The molecule has 4 fully saturated rings. The second-order valence-corrected chi connectivity index (χ2v) is 22.7. The van der Waals surface area contributed by atoms with E-state index in [0.717, 1.165) is 30.1 Å². The van der Waals surface area contributed by atoms with E-state index in [1.54, 1.807) is 42.9 Å².